The molecule has 35 heavy (non-hydrogen) atoms. The predicted molar refractivity (Wildman–Crippen MR) is 150 cm³/mol. The average molecular weight is 480 g/mol. The van der Waals surface area contributed by atoms with E-state index in [1.807, 2.05) is 30.3 Å². The van der Waals surface area contributed by atoms with E-state index in [1.165, 1.54) is 64.2 Å². The molecule has 2 aromatic carbocycles. The molecule has 1 heteroatoms. The zero-order valence-electron chi connectivity index (χ0n) is 25.2. The largest absolute Gasteiger partial charge is 0.206 e. The number of rotatable bonds is 11. The summed E-state index contributed by atoms with van der Waals surface area (Å²) in [6.45, 7) is 4.45. The van der Waals surface area contributed by atoms with E-state index in [0.717, 1.165) is 41.9 Å². The summed E-state index contributed by atoms with van der Waals surface area (Å²) in [6.07, 6.45) is 14.2. The van der Waals surface area contributed by atoms with Crippen LogP contribution in [-0.4, -0.2) is 0 Å². The van der Waals surface area contributed by atoms with Gasteiger partial charge in [-0.25, -0.2) is 4.39 Å². The predicted octanol–water partition coefficient (Wildman–Crippen LogP) is 11.2. The quantitative estimate of drug-likeness (QED) is 0.281. The van der Waals surface area contributed by atoms with Crippen LogP contribution in [0.1, 0.15) is 144 Å². The summed E-state index contributed by atoms with van der Waals surface area (Å²) >= 11 is 0. The molecule has 0 aliphatic heterocycles. The maximum Gasteiger partial charge on any atom is 0.131 e. The Hall–Kier alpha value is -1.63. The van der Waals surface area contributed by atoms with Gasteiger partial charge < -0.3 is 0 Å². The fourth-order valence-corrected chi connectivity index (χ4v) is 6.30. The van der Waals surface area contributed by atoms with Gasteiger partial charge in [-0.3, -0.25) is 0 Å². The van der Waals surface area contributed by atoms with Crippen LogP contribution in [0.4, 0.5) is 4.39 Å². The fraction of sp³-hybridized carbons (Fsp3) is 0.647. The molecule has 2 aliphatic carbocycles. The van der Waals surface area contributed by atoms with Gasteiger partial charge in [-0.2, -0.15) is 0 Å². The Morgan fingerprint density at radius 1 is 0.714 bits per heavy atom. The van der Waals surface area contributed by atoms with Crippen molar-refractivity contribution < 1.29 is 8.50 Å². The molecule has 192 valence electrons. The molecule has 2 saturated carbocycles. The second-order valence-electron chi connectivity index (χ2n) is 11.3. The minimum absolute atomic E-state index is 0.165. The molecule has 2 aromatic rings. The van der Waals surface area contributed by atoms with Crippen LogP contribution in [0.3, 0.4) is 0 Å². The highest BCUT2D eigenvalue weighted by atomic mass is 19.1. The molecular formula is C34H49F. The average Bonchev–Trinajstić information content (AvgIpc) is 2.89. The molecule has 0 nitrogen and oxygen atoms in total. The molecule has 0 radical (unpaired) electrons. The van der Waals surface area contributed by atoms with Gasteiger partial charge in [0.2, 0.25) is 0 Å². The van der Waals surface area contributed by atoms with Crippen molar-refractivity contribution in [2.24, 2.45) is 11.8 Å². The van der Waals surface area contributed by atoms with Gasteiger partial charge in [0.25, 0.3) is 0 Å². The Morgan fingerprint density at radius 2 is 1.34 bits per heavy atom. The molecule has 0 bridgehead atoms. The summed E-state index contributed by atoms with van der Waals surface area (Å²) in [5.41, 5.74) is 3.45. The number of hydrogen-bond acceptors (Lipinski definition) is 0. The van der Waals surface area contributed by atoms with Crippen LogP contribution in [0, 0.1) is 17.7 Å². The van der Waals surface area contributed by atoms with Crippen LogP contribution in [-0.2, 0) is 0 Å². The number of unbranched alkanes of at least 4 members (excludes halogenated alkanes) is 4. The molecule has 0 heterocycles. The highest BCUT2D eigenvalue weighted by Gasteiger charge is 2.24. The Kier molecular flexibility index (Phi) is 8.78. The van der Waals surface area contributed by atoms with Gasteiger partial charge in [-0.1, -0.05) is 102 Å². The lowest BCUT2D eigenvalue weighted by Crippen LogP contribution is -2.13. The van der Waals surface area contributed by atoms with Crippen molar-refractivity contribution in [1.82, 2.24) is 0 Å². The minimum Gasteiger partial charge on any atom is -0.206 e. The van der Waals surface area contributed by atoms with Gasteiger partial charge in [0.15, 0.2) is 0 Å². The van der Waals surface area contributed by atoms with E-state index < -0.39 is 18.7 Å². The van der Waals surface area contributed by atoms with E-state index in [9.17, 15) is 0 Å². The standard InChI is InChI=1S/C34H49F/c1-3-5-7-9-26-11-15-28(16-12-26)29-19-21-31(22-20-29)33-24-23-32(25-34(33)35)30-17-13-27(14-18-30)10-8-6-4-2/h19-28,30H,3-18H2,1-2H3/t26-,27?,28-,30?/i15D,16D2/t15-,26-,27?,28-,30?/m1/s1. The maximum absolute atomic E-state index is 15.3. The number of halogens is 1. The van der Waals surface area contributed by atoms with E-state index in [-0.39, 0.29) is 5.82 Å². The van der Waals surface area contributed by atoms with E-state index in [4.69, 9.17) is 4.11 Å². The topological polar surface area (TPSA) is 0 Å². The maximum atomic E-state index is 15.3. The first-order valence-electron chi connectivity index (χ1n) is 16.2. The summed E-state index contributed by atoms with van der Waals surface area (Å²) in [5, 5.41) is 0. The highest BCUT2D eigenvalue weighted by Crippen LogP contribution is 2.40. The number of benzene rings is 2. The van der Waals surface area contributed by atoms with E-state index in [2.05, 4.69) is 19.9 Å². The molecule has 0 saturated heterocycles. The normalized spacial score (nSPS) is 29.8. The van der Waals surface area contributed by atoms with Crippen LogP contribution in [0.2, 0.25) is 0 Å². The smallest absolute Gasteiger partial charge is 0.131 e. The van der Waals surface area contributed by atoms with Crippen LogP contribution in [0.15, 0.2) is 42.5 Å². The summed E-state index contributed by atoms with van der Waals surface area (Å²) in [5.74, 6) is 1.03. The summed E-state index contributed by atoms with van der Waals surface area (Å²) in [6, 6.07) is 13.5. The Balaban J connectivity index is 1.39. The van der Waals surface area contributed by atoms with Crippen molar-refractivity contribution in [3.8, 4) is 11.1 Å². The SMILES string of the molecule is [2H][C@@H]1C[C@@H](CCCCC)CC([2H])([2H])[C@@H]1c1ccc(-c2ccc(C3CCC(CCCCC)CC3)cc2F)cc1. The zero-order valence-corrected chi connectivity index (χ0v) is 22.2. The summed E-state index contributed by atoms with van der Waals surface area (Å²) in [4.78, 5) is 0. The fourth-order valence-electron chi connectivity index (χ4n) is 6.30. The molecule has 3 atom stereocenters. The summed E-state index contributed by atoms with van der Waals surface area (Å²) < 4.78 is 41.6. The number of hydrogen-bond donors (Lipinski definition) is 0. The minimum atomic E-state index is -1.38. The molecule has 2 aliphatic rings. The van der Waals surface area contributed by atoms with E-state index >= 15 is 4.39 Å². The second kappa shape index (κ2) is 13.6. The molecule has 2 fully saturated rings. The van der Waals surface area contributed by atoms with Gasteiger partial charge in [-0.05, 0) is 97.7 Å². The Bertz CT molecular complexity index is 993. The molecular weight excluding hydrogens is 427 g/mol. The second-order valence-corrected chi connectivity index (χ2v) is 11.3. The third-order valence-electron chi connectivity index (χ3n) is 8.66. The van der Waals surface area contributed by atoms with Crippen molar-refractivity contribution in [1.29, 1.82) is 0 Å². The first kappa shape index (κ1) is 22.6. The Morgan fingerprint density at radius 3 is 1.94 bits per heavy atom. The first-order chi connectivity index (χ1) is 18.3. The highest BCUT2D eigenvalue weighted by molar-refractivity contribution is 5.65. The first-order valence-corrected chi connectivity index (χ1v) is 14.6. The van der Waals surface area contributed by atoms with Crippen molar-refractivity contribution in [3.63, 3.8) is 0 Å². The van der Waals surface area contributed by atoms with Gasteiger partial charge >= 0.3 is 0 Å². The monoisotopic (exact) mass is 479 g/mol. The molecule has 0 spiro atoms. The van der Waals surface area contributed by atoms with Crippen LogP contribution >= 0.6 is 0 Å². The van der Waals surface area contributed by atoms with Gasteiger partial charge in [-0.15, -0.1) is 0 Å². The molecule has 4 rings (SSSR count). The Labute approximate surface area is 219 Å². The van der Waals surface area contributed by atoms with Gasteiger partial charge in [0, 0.05) is 9.68 Å². The molecule has 0 amide bonds. The van der Waals surface area contributed by atoms with Crippen molar-refractivity contribution in [2.75, 3.05) is 0 Å². The lowest BCUT2D eigenvalue weighted by Gasteiger charge is -2.29. The third kappa shape index (κ3) is 7.43. The van der Waals surface area contributed by atoms with Crippen LogP contribution < -0.4 is 0 Å². The van der Waals surface area contributed by atoms with Crippen LogP contribution in [0.5, 0.6) is 0 Å². The van der Waals surface area contributed by atoms with Crippen molar-refractivity contribution >= 4 is 0 Å². The summed E-state index contributed by atoms with van der Waals surface area (Å²) in [7, 11) is 0. The van der Waals surface area contributed by atoms with Gasteiger partial charge in [0.1, 0.15) is 5.82 Å². The van der Waals surface area contributed by atoms with Crippen LogP contribution in [0.25, 0.3) is 11.1 Å². The lowest BCUT2D eigenvalue weighted by molar-refractivity contribution is 0.302. The third-order valence-corrected chi connectivity index (χ3v) is 8.66. The molecule has 0 aromatic heterocycles. The molecule has 0 unspecified atom stereocenters. The van der Waals surface area contributed by atoms with Crippen molar-refractivity contribution in [2.45, 2.75) is 128 Å². The van der Waals surface area contributed by atoms with Gasteiger partial charge in [0.05, 0.1) is 0 Å². The van der Waals surface area contributed by atoms with Crippen molar-refractivity contribution in [3.05, 3.63) is 59.4 Å². The van der Waals surface area contributed by atoms with E-state index in [1.54, 1.807) is 6.07 Å². The van der Waals surface area contributed by atoms with E-state index in [0.29, 0.717) is 23.8 Å². The zero-order chi connectivity index (χ0) is 27.1. The lowest BCUT2D eigenvalue weighted by atomic mass is 9.76. The molecule has 0 N–H and O–H groups in total.